The quantitative estimate of drug-likeness (QED) is 0.247. The Bertz CT molecular complexity index is 1500. The molecule has 1 N–H and O–H groups in total. The van der Waals surface area contributed by atoms with E-state index >= 15 is 0 Å². The van der Waals surface area contributed by atoms with E-state index in [0.717, 1.165) is 28.1 Å². The summed E-state index contributed by atoms with van der Waals surface area (Å²) in [5, 5.41) is 13.7. The van der Waals surface area contributed by atoms with Crippen LogP contribution in [0.1, 0.15) is 53.8 Å². The lowest BCUT2D eigenvalue weighted by atomic mass is 9.76. The average molecular weight is 598 g/mol. The van der Waals surface area contributed by atoms with Crippen molar-refractivity contribution >= 4 is 12.0 Å². The van der Waals surface area contributed by atoms with E-state index in [0.29, 0.717) is 12.8 Å². The fraction of sp³-hybridized carbons (Fsp3) is 0.286. The van der Waals surface area contributed by atoms with Crippen LogP contribution in [0.3, 0.4) is 0 Å². The van der Waals surface area contributed by atoms with E-state index in [4.69, 9.17) is 4.98 Å². The highest BCUT2D eigenvalue weighted by Gasteiger charge is 2.39. The van der Waals surface area contributed by atoms with Crippen molar-refractivity contribution in [3.63, 3.8) is 0 Å². The van der Waals surface area contributed by atoms with Gasteiger partial charge in [0.1, 0.15) is 17.7 Å². The van der Waals surface area contributed by atoms with Gasteiger partial charge in [0.05, 0.1) is 12.0 Å². The number of benzene rings is 3. The molecule has 5 rings (SSSR count). The van der Waals surface area contributed by atoms with Crippen molar-refractivity contribution in [3.05, 3.63) is 137 Å². The summed E-state index contributed by atoms with van der Waals surface area (Å²) in [5.41, 5.74) is 4.32. The third-order valence-corrected chi connectivity index (χ3v) is 8.49. The van der Waals surface area contributed by atoms with Crippen LogP contribution in [0.15, 0.2) is 109 Å². The van der Waals surface area contributed by atoms with Gasteiger partial charge in [0, 0.05) is 18.8 Å². The molecular weight excluding hydrogens is 562 g/mol. The molecule has 1 atom stereocenters. The molecule has 0 spiro atoms. The number of carbonyl (C=O) groups is 2. The first-order chi connectivity index (χ1) is 21.3. The normalized spacial score (nSPS) is 14.2. The number of aromatic nitrogens is 2. The van der Waals surface area contributed by atoms with Crippen molar-refractivity contribution in [2.45, 2.75) is 50.6 Å². The smallest absolute Gasteiger partial charge is 0.269 e. The number of aryl methyl sites for hydroxylation is 1. The number of imidazole rings is 1. The zero-order valence-corrected chi connectivity index (χ0v) is 24.6. The number of piperidine rings is 1. The fourth-order valence-corrected chi connectivity index (χ4v) is 6.27. The SMILES string of the molecule is Cc1c(CCC[C@H](NC(=O)[O-])C(=O)N2CCC(=C(F)F)CC2)ncn1C(c1ccccc1)(c1ccccc1)c1ccccc1. The van der Waals surface area contributed by atoms with Crippen molar-refractivity contribution in [3.8, 4) is 0 Å². The zero-order chi connectivity index (χ0) is 31.1. The molecule has 1 fully saturated rings. The number of likely N-dealkylation sites (tertiary alicyclic amines) is 1. The van der Waals surface area contributed by atoms with E-state index in [2.05, 4.69) is 46.3 Å². The van der Waals surface area contributed by atoms with Crippen molar-refractivity contribution in [1.29, 1.82) is 0 Å². The number of amides is 2. The highest BCUT2D eigenvalue weighted by atomic mass is 19.3. The molecule has 9 heteroatoms. The topological polar surface area (TPSA) is 90.3 Å². The second-order valence-electron chi connectivity index (χ2n) is 11.0. The number of nitrogens with one attached hydrogen (secondary N) is 1. The van der Waals surface area contributed by atoms with Crippen LogP contribution in [0.5, 0.6) is 0 Å². The van der Waals surface area contributed by atoms with Gasteiger partial charge in [-0.25, -0.2) is 4.98 Å². The molecular formula is C35H35F2N4O3-. The molecule has 7 nitrogen and oxygen atoms in total. The third-order valence-electron chi connectivity index (χ3n) is 8.49. The molecule has 0 radical (unpaired) electrons. The van der Waals surface area contributed by atoms with Gasteiger partial charge >= 0.3 is 0 Å². The summed E-state index contributed by atoms with van der Waals surface area (Å²) in [6, 6.07) is 29.8. The van der Waals surface area contributed by atoms with Gasteiger partial charge in [0.15, 0.2) is 0 Å². The minimum absolute atomic E-state index is 0.0436. The first-order valence-electron chi connectivity index (χ1n) is 14.8. The predicted octanol–water partition coefficient (Wildman–Crippen LogP) is 5.43. The van der Waals surface area contributed by atoms with Crippen LogP contribution in [0, 0.1) is 6.92 Å². The van der Waals surface area contributed by atoms with Gasteiger partial charge in [0.2, 0.25) is 5.91 Å². The summed E-state index contributed by atoms with van der Waals surface area (Å²) >= 11 is 0. The lowest BCUT2D eigenvalue weighted by molar-refractivity contribution is -0.251. The van der Waals surface area contributed by atoms with E-state index < -0.39 is 29.7 Å². The number of nitrogens with zero attached hydrogens (tertiary/aromatic N) is 3. The molecule has 0 bridgehead atoms. The molecule has 0 unspecified atom stereocenters. The summed E-state index contributed by atoms with van der Waals surface area (Å²) < 4.78 is 28.1. The summed E-state index contributed by atoms with van der Waals surface area (Å²) in [6.45, 7) is 2.28. The monoisotopic (exact) mass is 597 g/mol. The fourth-order valence-electron chi connectivity index (χ4n) is 6.27. The van der Waals surface area contributed by atoms with Gasteiger partial charge in [-0.1, -0.05) is 91.0 Å². The van der Waals surface area contributed by atoms with E-state index in [-0.39, 0.29) is 37.9 Å². The van der Waals surface area contributed by atoms with Crippen molar-refractivity contribution in [2.24, 2.45) is 0 Å². The van der Waals surface area contributed by atoms with Crippen molar-refractivity contribution in [2.75, 3.05) is 13.1 Å². The maximum atomic E-state index is 13.2. The van der Waals surface area contributed by atoms with Crippen LogP contribution in [-0.2, 0) is 16.8 Å². The number of halogens is 2. The van der Waals surface area contributed by atoms with Crippen LogP contribution in [0.2, 0.25) is 0 Å². The largest absolute Gasteiger partial charge is 0.530 e. The Hall–Kier alpha value is -4.79. The molecule has 228 valence electrons. The maximum absolute atomic E-state index is 13.2. The molecule has 44 heavy (non-hydrogen) atoms. The van der Waals surface area contributed by atoms with E-state index in [1.54, 1.807) is 0 Å². The number of hydrogen-bond acceptors (Lipinski definition) is 4. The second-order valence-corrected chi connectivity index (χ2v) is 11.0. The van der Waals surface area contributed by atoms with Gasteiger partial charge in [-0.05, 0) is 61.3 Å². The molecule has 0 saturated carbocycles. The van der Waals surface area contributed by atoms with E-state index in [1.165, 1.54) is 4.90 Å². The second kappa shape index (κ2) is 13.7. The third kappa shape index (κ3) is 6.27. The Balaban J connectivity index is 1.42. The van der Waals surface area contributed by atoms with Gasteiger partial charge in [-0.15, -0.1) is 0 Å². The Morgan fingerprint density at radius 3 is 1.84 bits per heavy atom. The minimum Gasteiger partial charge on any atom is -0.530 e. The summed E-state index contributed by atoms with van der Waals surface area (Å²) in [5.74, 6) is -0.425. The van der Waals surface area contributed by atoms with Gasteiger partial charge < -0.3 is 24.7 Å². The molecule has 2 amide bonds. The maximum Gasteiger partial charge on any atom is 0.269 e. The summed E-state index contributed by atoms with van der Waals surface area (Å²) in [4.78, 5) is 30.9. The molecule has 0 aliphatic carbocycles. The molecule has 3 aromatic carbocycles. The Morgan fingerprint density at radius 2 is 1.39 bits per heavy atom. The highest BCUT2D eigenvalue weighted by Crippen LogP contribution is 2.42. The van der Waals surface area contributed by atoms with Crippen LogP contribution in [0.4, 0.5) is 13.6 Å². The number of carboxylic acid groups (broad SMARTS) is 1. The first kappa shape index (κ1) is 30.7. The van der Waals surface area contributed by atoms with Gasteiger partial charge in [0.25, 0.3) is 6.08 Å². The number of hydrogen-bond donors (Lipinski definition) is 1. The summed E-state index contributed by atoms with van der Waals surface area (Å²) in [7, 11) is 0. The lowest BCUT2D eigenvalue weighted by Gasteiger charge is -2.38. The molecule has 1 aliphatic rings. The Labute approximate surface area is 255 Å². The molecule has 2 heterocycles. The van der Waals surface area contributed by atoms with Gasteiger partial charge in [-0.3, -0.25) is 4.79 Å². The van der Waals surface area contributed by atoms with Crippen LogP contribution in [-0.4, -0.2) is 45.6 Å². The Morgan fingerprint density at radius 1 is 0.886 bits per heavy atom. The van der Waals surface area contributed by atoms with E-state index in [9.17, 15) is 23.5 Å². The molecule has 4 aromatic rings. The molecule has 1 aliphatic heterocycles. The molecule has 1 saturated heterocycles. The standard InChI is InChI=1S/C35H36F2N4O3/c1-25-30(18-11-19-31(39-34(43)44)33(42)40-22-20-26(21-23-40)32(36)37)38-24-41(25)35(27-12-5-2-6-13-27,28-14-7-3-8-15-28)29-16-9-4-10-17-29/h2-10,12-17,24,31,39H,11,18-23H2,1H3,(H,43,44)/p-1/t31-/m0/s1. The van der Waals surface area contributed by atoms with Crippen LogP contribution >= 0.6 is 0 Å². The van der Waals surface area contributed by atoms with E-state index in [1.807, 2.05) is 67.8 Å². The number of rotatable bonds is 10. The average Bonchev–Trinajstić information content (AvgIpc) is 3.42. The van der Waals surface area contributed by atoms with Crippen LogP contribution < -0.4 is 10.4 Å². The minimum atomic E-state index is -1.70. The van der Waals surface area contributed by atoms with Crippen LogP contribution in [0.25, 0.3) is 0 Å². The predicted molar refractivity (Wildman–Crippen MR) is 162 cm³/mol. The van der Waals surface area contributed by atoms with Crippen molar-refractivity contribution < 1.29 is 23.5 Å². The number of carbonyl (C=O) groups excluding carboxylic acids is 2. The first-order valence-corrected chi connectivity index (χ1v) is 14.8. The highest BCUT2D eigenvalue weighted by molar-refractivity contribution is 5.85. The zero-order valence-electron chi connectivity index (χ0n) is 24.6. The lowest BCUT2D eigenvalue weighted by Crippen LogP contribution is -2.53. The van der Waals surface area contributed by atoms with Gasteiger partial charge in [-0.2, -0.15) is 8.78 Å². The Kier molecular flexibility index (Phi) is 9.53. The molecule has 1 aromatic heterocycles. The van der Waals surface area contributed by atoms with Crippen molar-refractivity contribution in [1.82, 2.24) is 19.8 Å². The summed E-state index contributed by atoms with van der Waals surface area (Å²) in [6.07, 6.45) is -0.0437.